The molecule has 1 rings (SSSR count). The second-order valence-corrected chi connectivity index (χ2v) is 3.16. The van der Waals surface area contributed by atoms with Crippen molar-refractivity contribution in [1.29, 1.82) is 0 Å². The van der Waals surface area contributed by atoms with Crippen molar-refractivity contribution in [3.8, 4) is 0 Å². The van der Waals surface area contributed by atoms with E-state index in [2.05, 4.69) is 5.32 Å². The summed E-state index contributed by atoms with van der Waals surface area (Å²) in [6, 6.07) is 4.11. The van der Waals surface area contributed by atoms with Crippen molar-refractivity contribution in [3.05, 3.63) is 29.8 Å². The lowest BCUT2D eigenvalue weighted by atomic mass is 10.2. The molecule has 0 atom stereocenters. The lowest BCUT2D eigenvalue weighted by Gasteiger charge is -2.18. The molecule has 0 aliphatic rings. The zero-order chi connectivity index (χ0) is 12.3. The van der Waals surface area contributed by atoms with Gasteiger partial charge in [-0.2, -0.15) is 13.2 Å². The zero-order valence-corrected chi connectivity index (χ0v) is 8.80. The smallest absolute Gasteiger partial charge is 0.341 e. The molecule has 1 N–H and O–H groups in total. The first-order valence-corrected chi connectivity index (χ1v) is 4.49. The summed E-state index contributed by atoms with van der Waals surface area (Å²) in [6.45, 7) is 0. The van der Waals surface area contributed by atoms with Crippen LogP contribution in [0.25, 0.3) is 0 Å². The number of carbonyl (C=O) groups is 1. The van der Waals surface area contributed by atoms with Crippen molar-refractivity contribution < 1.29 is 18.0 Å². The summed E-state index contributed by atoms with van der Waals surface area (Å²) in [5.74, 6) is 0. The van der Waals surface area contributed by atoms with Crippen LogP contribution in [0.2, 0.25) is 0 Å². The van der Waals surface area contributed by atoms with Gasteiger partial charge in [0.1, 0.15) is 0 Å². The molecule has 0 aromatic heterocycles. The SMILES string of the molecule is CNC(=O)N(C)c1cccc(C(F)(F)F)c1. The van der Waals surface area contributed by atoms with E-state index in [9.17, 15) is 18.0 Å². The molecule has 6 heteroatoms. The van der Waals surface area contributed by atoms with Crippen molar-refractivity contribution in [2.24, 2.45) is 0 Å². The normalized spacial score (nSPS) is 11.1. The number of rotatable bonds is 1. The largest absolute Gasteiger partial charge is 0.416 e. The highest BCUT2D eigenvalue weighted by Gasteiger charge is 2.30. The van der Waals surface area contributed by atoms with Crippen LogP contribution >= 0.6 is 0 Å². The molecule has 0 aliphatic carbocycles. The number of nitrogens with one attached hydrogen (secondary N) is 1. The molecule has 0 aliphatic heterocycles. The van der Waals surface area contributed by atoms with E-state index >= 15 is 0 Å². The fourth-order valence-corrected chi connectivity index (χ4v) is 1.18. The molecule has 0 saturated heterocycles. The molecule has 1 aromatic carbocycles. The molecule has 2 amide bonds. The fourth-order valence-electron chi connectivity index (χ4n) is 1.18. The minimum Gasteiger partial charge on any atom is -0.341 e. The first-order valence-electron chi connectivity index (χ1n) is 4.49. The van der Waals surface area contributed by atoms with Gasteiger partial charge in [0.25, 0.3) is 0 Å². The van der Waals surface area contributed by atoms with E-state index in [-0.39, 0.29) is 5.69 Å². The van der Waals surface area contributed by atoms with Crippen molar-refractivity contribution in [3.63, 3.8) is 0 Å². The van der Waals surface area contributed by atoms with Gasteiger partial charge in [0.05, 0.1) is 5.56 Å². The van der Waals surface area contributed by atoms with Gasteiger partial charge in [0, 0.05) is 19.8 Å². The van der Waals surface area contributed by atoms with Gasteiger partial charge in [-0.1, -0.05) is 6.07 Å². The summed E-state index contributed by atoms with van der Waals surface area (Å²) in [5, 5.41) is 2.33. The van der Waals surface area contributed by atoms with Gasteiger partial charge >= 0.3 is 12.2 Å². The van der Waals surface area contributed by atoms with Crippen molar-refractivity contribution >= 4 is 11.7 Å². The van der Waals surface area contributed by atoms with E-state index in [0.717, 1.165) is 17.0 Å². The molecule has 3 nitrogen and oxygen atoms in total. The third kappa shape index (κ3) is 2.65. The first-order chi connectivity index (χ1) is 7.36. The summed E-state index contributed by atoms with van der Waals surface area (Å²) in [5.41, 5.74) is -0.588. The third-order valence-electron chi connectivity index (χ3n) is 2.08. The number of amides is 2. The maximum Gasteiger partial charge on any atom is 0.416 e. The van der Waals surface area contributed by atoms with E-state index in [4.69, 9.17) is 0 Å². The van der Waals surface area contributed by atoms with Crippen molar-refractivity contribution in [1.82, 2.24) is 5.32 Å². The Morgan fingerprint density at radius 2 is 2.00 bits per heavy atom. The summed E-state index contributed by atoms with van der Waals surface area (Å²) < 4.78 is 37.2. The van der Waals surface area contributed by atoms with Gasteiger partial charge in [-0.05, 0) is 18.2 Å². The summed E-state index contributed by atoms with van der Waals surface area (Å²) in [7, 11) is 2.81. The molecular weight excluding hydrogens is 221 g/mol. The van der Waals surface area contributed by atoms with Gasteiger partial charge in [0.2, 0.25) is 0 Å². The van der Waals surface area contributed by atoms with Crippen LogP contribution in [0.4, 0.5) is 23.7 Å². The average Bonchev–Trinajstić information content (AvgIpc) is 2.26. The summed E-state index contributed by atoms with van der Waals surface area (Å²) in [4.78, 5) is 12.3. The number of alkyl halides is 3. The van der Waals surface area contributed by atoms with Gasteiger partial charge in [-0.15, -0.1) is 0 Å². The molecule has 88 valence electrons. The molecule has 0 saturated carbocycles. The number of halogens is 3. The molecule has 0 bridgehead atoms. The molecule has 0 unspecified atom stereocenters. The molecule has 0 radical (unpaired) electrons. The maximum atomic E-state index is 12.4. The summed E-state index contributed by atoms with van der Waals surface area (Å²) >= 11 is 0. The number of hydrogen-bond donors (Lipinski definition) is 1. The molecule has 0 spiro atoms. The van der Waals surface area contributed by atoms with Crippen LogP contribution < -0.4 is 10.2 Å². The second-order valence-electron chi connectivity index (χ2n) is 3.16. The first kappa shape index (κ1) is 12.4. The Balaban J connectivity index is 3.04. The zero-order valence-electron chi connectivity index (χ0n) is 8.80. The fraction of sp³-hybridized carbons (Fsp3) is 0.300. The van der Waals surface area contributed by atoms with Crippen LogP contribution in [0.3, 0.4) is 0 Å². The quantitative estimate of drug-likeness (QED) is 0.792. The Morgan fingerprint density at radius 1 is 1.38 bits per heavy atom. The molecular formula is C10H11F3N2O. The predicted octanol–water partition coefficient (Wildman–Crippen LogP) is 2.48. The van der Waals surface area contributed by atoms with E-state index in [1.807, 2.05) is 0 Å². The summed E-state index contributed by atoms with van der Waals surface area (Å²) in [6.07, 6.45) is -4.40. The Kier molecular flexibility index (Phi) is 3.41. The van der Waals surface area contributed by atoms with E-state index in [1.54, 1.807) is 0 Å². The van der Waals surface area contributed by atoms with E-state index < -0.39 is 17.8 Å². The van der Waals surface area contributed by atoms with Gasteiger partial charge in [0.15, 0.2) is 0 Å². The number of benzene rings is 1. The monoisotopic (exact) mass is 232 g/mol. The van der Waals surface area contributed by atoms with Crippen LogP contribution in [0.15, 0.2) is 24.3 Å². The number of nitrogens with zero attached hydrogens (tertiary/aromatic N) is 1. The second kappa shape index (κ2) is 4.42. The van der Waals surface area contributed by atoms with Gasteiger partial charge < -0.3 is 5.32 Å². The number of hydrogen-bond acceptors (Lipinski definition) is 1. The topological polar surface area (TPSA) is 32.3 Å². The highest BCUT2D eigenvalue weighted by atomic mass is 19.4. The van der Waals surface area contributed by atoms with Crippen LogP contribution in [-0.2, 0) is 6.18 Å². The average molecular weight is 232 g/mol. The van der Waals surface area contributed by atoms with Crippen LogP contribution in [0.1, 0.15) is 5.56 Å². The maximum absolute atomic E-state index is 12.4. The number of anilines is 1. The van der Waals surface area contributed by atoms with Crippen LogP contribution in [0, 0.1) is 0 Å². The van der Waals surface area contributed by atoms with Gasteiger partial charge in [-0.25, -0.2) is 4.79 Å². The standard InChI is InChI=1S/C10H11F3N2O/c1-14-9(16)15(2)8-5-3-4-7(6-8)10(11,12)13/h3-6H,1-2H3,(H,14,16). The molecule has 0 heterocycles. The number of carbonyl (C=O) groups excluding carboxylic acids is 1. The van der Waals surface area contributed by atoms with E-state index in [1.165, 1.54) is 26.2 Å². The molecule has 0 fully saturated rings. The van der Waals surface area contributed by atoms with Gasteiger partial charge in [-0.3, -0.25) is 4.90 Å². The van der Waals surface area contributed by atoms with Crippen molar-refractivity contribution in [2.45, 2.75) is 6.18 Å². The minimum atomic E-state index is -4.40. The Hall–Kier alpha value is -1.72. The Labute approximate surface area is 90.9 Å². The highest BCUT2D eigenvalue weighted by molar-refractivity contribution is 5.91. The Bertz CT molecular complexity index is 390. The highest BCUT2D eigenvalue weighted by Crippen LogP contribution is 2.31. The lowest BCUT2D eigenvalue weighted by molar-refractivity contribution is -0.137. The lowest BCUT2D eigenvalue weighted by Crippen LogP contribution is -2.34. The predicted molar refractivity (Wildman–Crippen MR) is 54.3 cm³/mol. The van der Waals surface area contributed by atoms with E-state index in [0.29, 0.717) is 0 Å². The van der Waals surface area contributed by atoms with Crippen molar-refractivity contribution in [2.75, 3.05) is 19.0 Å². The molecule has 1 aromatic rings. The minimum absolute atomic E-state index is 0.189. The molecule has 16 heavy (non-hydrogen) atoms. The van der Waals surface area contributed by atoms with Crippen LogP contribution in [-0.4, -0.2) is 20.1 Å². The Morgan fingerprint density at radius 3 is 2.50 bits per heavy atom. The number of urea groups is 1. The third-order valence-corrected chi connectivity index (χ3v) is 2.08. The van der Waals surface area contributed by atoms with Crippen LogP contribution in [0.5, 0.6) is 0 Å².